The van der Waals surface area contributed by atoms with E-state index in [1.807, 2.05) is 24.5 Å². The molecule has 1 fully saturated rings. The van der Waals surface area contributed by atoms with Gasteiger partial charge >= 0.3 is 0 Å². The van der Waals surface area contributed by atoms with Crippen molar-refractivity contribution in [2.45, 2.75) is 25.9 Å². The van der Waals surface area contributed by atoms with Gasteiger partial charge in [-0.05, 0) is 51.8 Å². The summed E-state index contributed by atoms with van der Waals surface area (Å²) in [6.45, 7) is 6.20. The molecule has 138 valence electrons. The predicted octanol–water partition coefficient (Wildman–Crippen LogP) is 2.61. The van der Waals surface area contributed by atoms with E-state index in [-0.39, 0.29) is 29.6 Å². The Labute approximate surface area is 162 Å². The molecule has 0 radical (unpaired) electrons. The highest BCUT2D eigenvalue weighted by Crippen LogP contribution is 2.41. The van der Waals surface area contributed by atoms with Crippen molar-refractivity contribution in [1.29, 1.82) is 0 Å². The molecule has 0 bridgehead atoms. The monoisotopic (exact) mass is 476 g/mol. The van der Waals surface area contributed by atoms with Crippen LogP contribution in [0.25, 0.3) is 11.0 Å². The Morgan fingerprint density at radius 1 is 1.48 bits per heavy atom. The van der Waals surface area contributed by atoms with Crippen LogP contribution in [0, 0.1) is 5.21 Å². The number of rotatable bonds is 4. The van der Waals surface area contributed by atoms with Gasteiger partial charge in [0.2, 0.25) is 5.95 Å². The molecular weight excluding hydrogens is 458 g/mol. The number of hydrogen-bond donors (Lipinski definition) is 3. The van der Waals surface area contributed by atoms with E-state index in [2.05, 4.69) is 47.1 Å². The van der Waals surface area contributed by atoms with Crippen LogP contribution in [0.15, 0.2) is 15.0 Å². The molecule has 1 aromatic heterocycles. The number of nitrogens with one attached hydrogen (secondary N) is 1. The second-order valence-corrected chi connectivity index (χ2v) is 7.92. The molecule has 1 saturated heterocycles. The van der Waals surface area contributed by atoms with Crippen LogP contribution in [-0.2, 0) is 0 Å². The zero-order valence-corrected chi connectivity index (χ0v) is 17.1. The molecule has 0 aliphatic carbocycles. The first-order valence-electron chi connectivity index (χ1n) is 8.01. The van der Waals surface area contributed by atoms with Gasteiger partial charge in [-0.25, -0.2) is 4.98 Å². The smallest absolute Gasteiger partial charge is 0.207 e. The maximum atomic E-state index is 11.7. The molecule has 10 heteroatoms. The number of hydrogen-bond acceptors (Lipinski definition) is 7. The van der Waals surface area contributed by atoms with Crippen molar-refractivity contribution in [2.75, 3.05) is 36.4 Å². The van der Waals surface area contributed by atoms with Crippen LogP contribution in [0.5, 0.6) is 0 Å². The molecule has 25 heavy (non-hydrogen) atoms. The number of aliphatic hydroxyl groups excluding tert-OH is 1. The topological polar surface area (TPSA) is 99.9 Å². The standard InChI is InChI=1S/C15H20Br2N5O3/c1-8(2)21-11-5-10(16)12(17)14(22(24)25)13(11)19-15(21)20-4-3-18-6-9(20)7-23/h5,8-9,18,23-24H,3-4,6-7H2,1-2H3/q-1. The molecule has 1 aliphatic heterocycles. The Balaban J connectivity index is 2.29. The third-order valence-electron chi connectivity index (χ3n) is 4.36. The molecule has 2 heterocycles. The first-order valence-corrected chi connectivity index (χ1v) is 9.59. The number of benzene rings is 1. The lowest BCUT2D eigenvalue weighted by molar-refractivity contribution is 0.244. The van der Waals surface area contributed by atoms with Gasteiger partial charge in [0.05, 0.1) is 28.3 Å². The highest BCUT2D eigenvalue weighted by molar-refractivity contribution is 9.13. The van der Waals surface area contributed by atoms with Gasteiger partial charge in [-0.3, -0.25) is 5.21 Å². The van der Waals surface area contributed by atoms with Crippen LogP contribution in [0.1, 0.15) is 19.9 Å². The number of anilines is 2. The minimum atomic E-state index is -0.167. The number of aliphatic hydroxyl groups is 1. The molecule has 0 saturated carbocycles. The van der Waals surface area contributed by atoms with E-state index in [1.54, 1.807) is 0 Å². The summed E-state index contributed by atoms with van der Waals surface area (Å²) in [7, 11) is 0. The van der Waals surface area contributed by atoms with Crippen molar-refractivity contribution >= 4 is 54.5 Å². The summed E-state index contributed by atoms with van der Waals surface area (Å²) in [5.41, 5.74) is 1.20. The molecule has 1 aliphatic rings. The number of piperazine rings is 1. The molecule has 3 N–H and O–H groups in total. The molecule has 1 unspecified atom stereocenters. The SMILES string of the molecule is CC(C)n1c(N2CCNCC2CO)nc2c(N([O-])O)c(Br)c(Br)cc21. The lowest BCUT2D eigenvalue weighted by Gasteiger charge is -2.36. The maximum absolute atomic E-state index is 11.7. The van der Waals surface area contributed by atoms with Gasteiger partial charge in [-0.15, -0.1) is 0 Å². The van der Waals surface area contributed by atoms with Crippen molar-refractivity contribution in [1.82, 2.24) is 14.9 Å². The van der Waals surface area contributed by atoms with E-state index >= 15 is 0 Å². The first-order chi connectivity index (χ1) is 11.9. The average Bonchev–Trinajstić information content (AvgIpc) is 2.93. The fourth-order valence-corrected chi connectivity index (χ4v) is 4.08. The Morgan fingerprint density at radius 3 is 2.80 bits per heavy atom. The third kappa shape index (κ3) is 3.26. The van der Waals surface area contributed by atoms with Gasteiger partial charge in [0.25, 0.3) is 0 Å². The van der Waals surface area contributed by atoms with E-state index in [9.17, 15) is 15.5 Å². The Morgan fingerprint density at radius 2 is 2.20 bits per heavy atom. The van der Waals surface area contributed by atoms with E-state index in [4.69, 9.17) is 0 Å². The van der Waals surface area contributed by atoms with Crippen LogP contribution in [0.4, 0.5) is 11.6 Å². The van der Waals surface area contributed by atoms with Crippen LogP contribution in [0.3, 0.4) is 0 Å². The number of nitrogens with zero attached hydrogens (tertiary/aromatic N) is 4. The van der Waals surface area contributed by atoms with Gasteiger partial charge in [0, 0.05) is 30.1 Å². The van der Waals surface area contributed by atoms with E-state index < -0.39 is 0 Å². The molecule has 0 spiro atoms. The van der Waals surface area contributed by atoms with Crippen LogP contribution >= 0.6 is 31.9 Å². The van der Waals surface area contributed by atoms with Gasteiger partial charge in [-0.1, -0.05) is 0 Å². The van der Waals surface area contributed by atoms with Crippen molar-refractivity contribution in [3.63, 3.8) is 0 Å². The van der Waals surface area contributed by atoms with Gasteiger partial charge in [-0.2, -0.15) is 0 Å². The minimum Gasteiger partial charge on any atom is -0.733 e. The summed E-state index contributed by atoms with van der Waals surface area (Å²) < 4.78 is 3.11. The summed E-state index contributed by atoms with van der Waals surface area (Å²) in [4.78, 5) is 6.73. The maximum Gasteiger partial charge on any atom is 0.207 e. The zero-order chi connectivity index (χ0) is 18.3. The lowest BCUT2D eigenvalue weighted by atomic mass is 10.2. The summed E-state index contributed by atoms with van der Waals surface area (Å²) >= 11 is 6.75. The van der Waals surface area contributed by atoms with Gasteiger partial charge in [0.1, 0.15) is 5.52 Å². The summed E-state index contributed by atoms with van der Waals surface area (Å²) in [5, 5.41) is 34.1. The first kappa shape index (κ1) is 18.9. The zero-order valence-electron chi connectivity index (χ0n) is 13.9. The van der Waals surface area contributed by atoms with Gasteiger partial charge in [0.15, 0.2) is 0 Å². The molecule has 1 aromatic carbocycles. The average molecular weight is 478 g/mol. The summed E-state index contributed by atoms with van der Waals surface area (Å²) in [5.74, 6) is 0.679. The number of aromatic nitrogens is 2. The largest absolute Gasteiger partial charge is 0.733 e. The van der Waals surface area contributed by atoms with Crippen molar-refractivity contribution in [3.8, 4) is 0 Å². The van der Waals surface area contributed by atoms with Crippen molar-refractivity contribution < 1.29 is 10.3 Å². The number of halogens is 2. The second kappa shape index (κ2) is 7.37. The Hall–Kier alpha value is -0.910. The molecule has 1 atom stereocenters. The Kier molecular flexibility index (Phi) is 5.57. The van der Waals surface area contributed by atoms with Crippen LogP contribution < -0.4 is 15.4 Å². The molecule has 8 nitrogen and oxygen atoms in total. The van der Waals surface area contributed by atoms with Gasteiger partial charge < -0.3 is 30.3 Å². The number of imidazole rings is 1. The molecule has 2 aromatic rings. The fraction of sp³-hybridized carbons (Fsp3) is 0.533. The highest BCUT2D eigenvalue weighted by Gasteiger charge is 2.29. The van der Waals surface area contributed by atoms with Crippen molar-refractivity contribution in [3.05, 3.63) is 20.2 Å². The quantitative estimate of drug-likeness (QED) is 0.582. The Bertz CT molecular complexity index is 780. The number of fused-ring (bicyclic) bond motifs is 1. The van der Waals surface area contributed by atoms with E-state index in [1.165, 1.54) is 0 Å². The lowest BCUT2D eigenvalue weighted by Crippen LogP contribution is -2.54. The minimum absolute atomic E-state index is 0.00221. The second-order valence-electron chi connectivity index (χ2n) is 6.27. The normalized spacial score (nSPS) is 18.4. The fourth-order valence-electron chi connectivity index (χ4n) is 3.22. The predicted molar refractivity (Wildman–Crippen MR) is 104 cm³/mol. The third-order valence-corrected chi connectivity index (χ3v) is 6.32. The molecule has 3 rings (SSSR count). The van der Waals surface area contributed by atoms with Crippen molar-refractivity contribution in [2.24, 2.45) is 0 Å². The van der Waals surface area contributed by atoms with E-state index in [0.29, 0.717) is 33.5 Å². The molecule has 0 amide bonds. The summed E-state index contributed by atoms with van der Waals surface area (Å²) in [6, 6.07) is 1.85. The summed E-state index contributed by atoms with van der Waals surface area (Å²) in [6.07, 6.45) is 0. The van der Waals surface area contributed by atoms with E-state index in [0.717, 1.165) is 12.1 Å². The van der Waals surface area contributed by atoms with Crippen LogP contribution in [0.2, 0.25) is 0 Å². The highest BCUT2D eigenvalue weighted by atomic mass is 79.9. The van der Waals surface area contributed by atoms with Crippen LogP contribution in [-0.4, -0.2) is 52.1 Å². The molecular formula is C15H20Br2N5O3-.